The lowest BCUT2D eigenvalue weighted by Gasteiger charge is -2.33. The number of quaternary nitrogens is 1. The summed E-state index contributed by atoms with van der Waals surface area (Å²) in [5, 5.41) is 17.9. The predicted octanol–water partition coefficient (Wildman–Crippen LogP) is 5.99. The second-order valence-electron chi connectivity index (χ2n) is 9.57. The number of amidine groups is 1. The van der Waals surface area contributed by atoms with Gasteiger partial charge in [-0.25, -0.2) is 4.99 Å². The molecule has 0 aromatic heterocycles. The van der Waals surface area contributed by atoms with Crippen molar-refractivity contribution in [1.29, 1.82) is 0 Å². The molecule has 2 N–H and O–H groups in total. The number of allylic oxidation sites excluding steroid dienone is 3. The Labute approximate surface area is 212 Å². The van der Waals surface area contributed by atoms with Crippen molar-refractivity contribution in [2.75, 3.05) is 39.4 Å². The highest BCUT2D eigenvalue weighted by Crippen LogP contribution is 2.18. The lowest BCUT2D eigenvalue weighted by molar-refractivity contribution is -0.834. The van der Waals surface area contributed by atoms with Gasteiger partial charge in [0, 0.05) is 6.08 Å². The molecule has 1 heterocycles. The molecule has 7 nitrogen and oxygen atoms in total. The Balaban J connectivity index is 2.29. The number of carboxylic acid groups (broad SMARTS) is 2. The summed E-state index contributed by atoms with van der Waals surface area (Å²) in [5.74, 6) is -0.824. The van der Waals surface area contributed by atoms with Crippen LogP contribution >= 0.6 is 0 Å². The minimum absolute atomic E-state index is 0.0279. The van der Waals surface area contributed by atoms with Gasteiger partial charge in [0.15, 0.2) is 0 Å². The Bertz CT molecular complexity index is 674. The van der Waals surface area contributed by atoms with E-state index < -0.39 is 11.9 Å². The quantitative estimate of drug-likeness (QED) is 0.103. The third-order valence-electron chi connectivity index (χ3n) is 6.63. The molecule has 0 aromatic carbocycles. The maximum Gasteiger partial charge on any atom is 0.309 e. The van der Waals surface area contributed by atoms with Crippen LogP contribution in [0.1, 0.15) is 96.8 Å². The highest BCUT2D eigenvalue weighted by Gasteiger charge is 2.36. The molecule has 35 heavy (non-hydrogen) atoms. The molecule has 200 valence electrons. The molecular weight excluding hydrogens is 444 g/mol. The highest BCUT2D eigenvalue weighted by molar-refractivity contribution is 5.88. The number of aliphatic imine (C=N–C) groups is 1. The summed E-state index contributed by atoms with van der Waals surface area (Å²) in [5.41, 5.74) is 0. The van der Waals surface area contributed by atoms with Crippen molar-refractivity contribution in [2.24, 2.45) is 4.99 Å². The molecule has 1 unspecified atom stereocenters. The van der Waals surface area contributed by atoms with E-state index >= 15 is 0 Å². The molecule has 0 saturated carbocycles. The zero-order valence-corrected chi connectivity index (χ0v) is 22.0. The molecule has 0 spiro atoms. The average molecular weight is 494 g/mol. The van der Waals surface area contributed by atoms with Gasteiger partial charge in [-0.15, -0.1) is 0 Å². The van der Waals surface area contributed by atoms with Gasteiger partial charge in [-0.1, -0.05) is 89.4 Å². The summed E-state index contributed by atoms with van der Waals surface area (Å²) >= 11 is 0. The first kappa shape index (κ1) is 31.0. The number of hydrogen-bond donors (Lipinski definition) is 2. The van der Waals surface area contributed by atoms with E-state index in [-0.39, 0.29) is 19.4 Å². The fraction of sp³-hybridized carbons (Fsp3) is 0.750. The molecule has 0 amide bonds. The summed E-state index contributed by atoms with van der Waals surface area (Å²) in [6.45, 7) is 5.28. The largest absolute Gasteiger partial charge is 0.481 e. The van der Waals surface area contributed by atoms with E-state index in [9.17, 15) is 14.7 Å². The van der Waals surface area contributed by atoms with Gasteiger partial charge in [0.1, 0.15) is 13.1 Å². The maximum atomic E-state index is 11.2. The molecule has 0 saturated heterocycles. The van der Waals surface area contributed by atoms with Crippen LogP contribution in [0, 0.1) is 0 Å². The smallest absolute Gasteiger partial charge is 0.309 e. The van der Waals surface area contributed by atoms with E-state index in [1.807, 2.05) is 12.2 Å². The second-order valence-corrected chi connectivity index (χ2v) is 9.57. The summed E-state index contributed by atoms with van der Waals surface area (Å²) in [7, 11) is 0. The molecule has 0 aliphatic carbocycles. The maximum absolute atomic E-state index is 11.2. The van der Waals surface area contributed by atoms with Crippen molar-refractivity contribution in [2.45, 2.75) is 96.8 Å². The molecule has 1 atom stereocenters. The minimum Gasteiger partial charge on any atom is -0.481 e. The van der Waals surface area contributed by atoms with Crippen molar-refractivity contribution in [3.05, 3.63) is 24.3 Å². The zero-order chi connectivity index (χ0) is 25.6. The van der Waals surface area contributed by atoms with E-state index in [4.69, 9.17) is 9.84 Å². The predicted molar refractivity (Wildman–Crippen MR) is 142 cm³/mol. The van der Waals surface area contributed by atoms with Gasteiger partial charge < -0.3 is 14.9 Å². The molecule has 0 aromatic rings. The molecule has 7 heteroatoms. The minimum atomic E-state index is -0.883. The topological polar surface area (TPSA) is 96.2 Å². The number of carbonyl (C=O) groups is 2. The molecule has 1 rings (SSSR count). The Morgan fingerprint density at radius 2 is 1.49 bits per heavy atom. The Hall–Kier alpha value is -1.99. The van der Waals surface area contributed by atoms with Gasteiger partial charge in [0.25, 0.3) is 0 Å². The van der Waals surface area contributed by atoms with Gasteiger partial charge >= 0.3 is 11.9 Å². The number of ether oxygens (including phenoxy) is 1. The Morgan fingerprint density at radius 3 is 2.11 bits per heavy atom. The number of rotatable bonds is 23. The number of aliphatic carboxylic acids is 2. The van der Waals surface area contributed by atoms with Crippen molar-refractivity contribution in [1.82, 2.24) is 0 Å². The van der Waals surface area contributed by atoms with Gasteiger partial charge in [-0.3, -0.25) is 14.1 Å². The normalized spacial score (nSPS) is 18.0. The van der Waals surface area contributed by atoms with E-state index in [2.05, 4.69) is 24.1 Å². The van der Waals surface area contributed by atoms with E-state index in [0.717, 1.165) is 18.8 Å². The Kier molecular flexibility index (Phi) is 17.9. The van der Waals surface area contributed by atoms with Crippen LogP contribution in [-0.2, 0) is 14.3 Å². The van der Waals surface area contributed by atoms with Crippen LogP contribution < -0.4 is 0 Å². The van der Waals surface area contributed by atoms with Gasteiger partial charge in [-0.2, -0.15) is 0 Å². The molecule has 1 aliphatic heterocycles. The summed E-state index contributed by atoms with van der Waals surface area (Å²) in [6, 6.07) is 0. The van der Waals surface area contributed by atoms with Crippen LogP contribution in [0.3, 0.4) is 0 Å². The zero-order valence-electron chi connectivity index (χ0n) is 22.0. The van der Waals surface area contributed by atoms with Gasteiger partial charge in [0.2, 0.25) is 5.84 Å². The lowest BCUT2D eigenvalue weighted by Crippen LogP contribution is -2.53. The van der Waals surface area contributed by atoms with E-state index in [0.29, 0.717) is 30.7 Å². The number of hydrogen-bond acceptors (Lipinski definition) is 4. The fourth-order valence-electron chi connectivity index (χ4n) is 4.45. The van der Waals surface area contributed by atoms with Crippen molar-refractivity contribution in [3.8, 4) is 0 Å². The first-order valence-electron chi connectivity index (χ1n) is 13.8. The lowest BCUT2D eigenvalue weighted by atomic mass is 10.1. The average Bonchev–Trinajstić information content (AvgIpc) is 3.22. The van der Waals surface area contributed by atoms with Crippen LogP contribution in [0.2, 0.25) is 0 Å². The third-order valence-corrected chi connectivity index (χ3v) is 6.63. The second kappa shape index (κ2) is 20.2. The van der Waals surface area contributed by atoms with Crippen LogP contribution in [0.5, 0.6) is 0 Å². The van der Waals surface area contributed by atoms with Gasteiger partial charge in [0.05, 0.1) is 39.1 Å². The van der Waals surface area contributed by atoms with Gasteiger partial charge in [-0.05, 0) is 12.8 Å². The first-order chi connectivity index (χ1) is 17.0. The highest BCUT2D eigenvalue weighted by atomic mass is 16.5. The number of nitrogens with zero attached hydrogens (tertiary/aromatic N) is 2. The monoisotopic (exact) mass is 493 g/mol. The molecule has 0 radical (unpaired) electrons. The molecule has 0 bridgehead atoms. The number of unbranched alkanes of at least 4 members (excludes halogenated alkanes) is 11. The van der Waals surface area contributed by atoms with Crippen molar-refractivity contribution < 1.29 is 29.0 Å². The SMILES string of the molecule is CCCCCCCCCCCCCC=CC=CC1=NCC[N+]1(CCOCCC(=O)O)CCC(=O)O. The van der Waals surface area contributed by atoms with E-state index in [1.54, 1.807) is 0 Å². The third kappa shape index (κ3) is 15.6. The van der Waals surface area contributed by atoms with E-state index in [1.165, 1.54) is 70.6 Å². The molecule has 0 fully saturated rings. The van der Waals surface area contributed by atoms with Crippen molar-refractivity contribution >= 4 is 17.8 Å². The van der Waals surface area contributed by atoms with Crippen LogP contribution in [0.15, 0.2) is 29.3 Å². The molecule has 1 aliphatic rings. The standard InChI is InChI=1S/C28H48N2O5/c1-2-3-4-5-6-7-8-9-10-11-12-13-14-15-16-17-26-29-20-22-30(26,21-18-27(31)32)23-25-35-24-19-28(33)34/h14-17H,2-13,18-25H2,1H3,(H-,31,32,33,34)/p+1. The summed E-state index contributed by atoms with van der Waals surface area (Å²) < 4.78 is 5.96. The van der Waals surface area contributed by atoms with Crippen LogP contribution in [0.25, 0.3) is 0 Å². The summed E-state index contributed by atoms with van der Waals surface area (Å²) in [6.07, 6.45) is 24.2. The van der Waals surface area contributed by atoms with Crippen LogP contribution in [0.4, 0.5) is 0 Å². The number of carboxylic acids is 2. The van der Waals surface area contributed by atoms with Crippen LogP contribution in [-0.4, -0.2) is 71.9 Å². The van der Waals surface area contributed by atoms with Crippen molar-refractivity contribution in [3.63, 3.8) is 0 Å². The summed E-state index contributed by atoms with van der Waals surface area (Å²) in [4.78, 5) is 26.5. The fourth-order valence-corrected chi connectivity index (χ4v) is 4.45. The first-order valence-corrected chi connectivity index (χ1v) is 13.8. The molecular formula is C28H49N2O5+. The Morgan fingerprint density at radius 1 is 0.857 bits per heavy atom.